The minimum Gasteiger partial charge on any atom is -0.469 e. The van der Waals surface area contributed by atoms with Gasteiger partial charge in [0.15, 0.2) is 5.78 Å². The number of methoxy groups -OCH3 is 1. The fourth-order valence-electron chi connectivity index (χ4n) is 1.30. The van der Waals surface area contributed by atoms with Gasteiger partial charge >= 0.3 is 5.97 Å². The summed E-state index contributed by atoms with van der Waals surface area (Å²) in [6.07, 6.45) is 0.296. The van der Waals surface area contributed by atoms with Crippen molar-refractivity contribution in [1.82, 2.24) is 0 Å². The van der Waals surface area contributed by atoms with Gasteiger partial charge in [0.2, 0.25) is 0 Å². The van der Waals surface area contributed by atoms with E-state index in [0.29, 0.717) is 12.0 Å². The third kappa shape index (κ3) is 2.94. The van der Waals surface area contributed by atoms with Gasteiger partial charge in [0.25, 0.3) is 0 Å². The zero-order valence-electron chi connectivity index (χ0n) is 11.1. The van der Waals surface area contributed by atoms with Gasteiger partial charge < -0.3 is 4.74 Å². The summed E-state index contributed by atoms with van der Waals surface area (Å²) in [7, 11) is 1.36. The van der Waals surface area contributed by atoms with Gasteiger partial charge in [0.1, 0.15) is 0 Å². The molecule has 0 atom stereocenters. The smallest absolute Gasteiger partial charge is 0.311 e. The number of carbonyl (C=O) groups excluding carboxylic acids is 2. The lowest BCUT2D eigenvalue weighted by Crippen LogP contribution is -2.41. The van der Waals surface area contributed by atoms with Gasteiger partial charge in [-0.3, -0.25) is 9.59 Å². The van der Waals surface area contributed by atoms with Crippen LogP contribution in [-0.4, -0.2) is 18.9 Å². The summed E-state index contributed by atoms with van der Waals surface area (Å²) in [6.45, 7) is 12.7. The second-order valence-corrected chi connectivity index (χ2v) is 5.38. The third-order valence-corrected chi connectivity index (χ3v) is 3.47. The van der Waals surface area contributed by atoms with E-state index in [2.05, 4.69) is 6.58 Å². The average molecular weight is 226 g/mol. The van der Waals surface area contributed by atoms with Crippen LogP contribution in [0.4, 0.5) is 0 Å². The number of ketones is 1. The molecule has 0 bridgehead atoms. The molecule has 0 saturated heterocycles. The van der Waals surface area contributed by atoms with Crippen molar-refractivity contribution in [2.75, 3.05) is 7.11 Å². The first-order valence-corrected chi connectivity index (χ1v) is 5.33. The van der Waals surface area contributed by atoms with Gasteiger partial charge in [0, 0.05) is 6.42 Å². The van der Waals surface area contributed by atoms with Gasteiger partial charge in [-0.2, -0.15) is 0 Å². The van der Waals surface area contributed by atoms with Crippen molar-refractivity contribution in [2.24, 2.45) is 10.8 Å². The van der Waals surface area contributed by atoms with Crippen molar-refractivity contribution in [3.05, 3.63) is 12.2 Å². The summed E-state index contributed by atoms with van der Waals surface area (Å²) in [5.74, 6) is -0.311. The summed E-state index contributed by atoms with van der Waals surface area (Å²) >= 11 is 0. The fourth-order valence-corrected chi connectivity index (χ4v) is 1.30. The Labute approximate surface area is 97.9 Å². The van der Waals surface area contributed by atoms with E-state index in [4.69, 9.17) is 4.74 Å². The Morgan fingerprint density at radius 3 is 1.94 bits per heavy atom. The number of rotatable bonds is 5. The highest BCUT2D eigenvalue weighted by molar-refractivity contribution is 5.95. The molecule has 3 nitrogen and oxygen atoms in total. The van der Waals surface area contributed by atoms with E-state index in [-0.39, 0.29) is 11.8 Å². The standard InChI is InChI=1S/C13H22O3/c1-9(2)10(14)8-12(3,4)13(5,6)11(15)16-7/h1,8H2,2-7H3. The molecular formula is C13H22O3. The lowest BCUT2D eigenvalue weighted by Gasteiger charge is -2.38. The van der Waals surface area contributed by atoms with E-state index in [9.17, 15) is 9.59 Å². The largest absolute Gasteiger partial charge is 0.469 e. The Balaban J connectivity index is 4.97. The number of ether oxygens (including phenoxy) is 1. The number of esters is 1. The Bertz CT molecular complexity index is 311. The Morgan fingerprint density at radius 2 is 1.62 bits per heavy atom. The number of hydrogen-bond acceptors (Lipinski definition) is 3. The maximum Gasteiger partial charge on any atom is 0.311 e. The SMILES string of the molecule is C=C(C)C(=O)CC(C)(C)C(C)(C)C(=O)OC. The van der Waals surface area contributed by atoms with E-state index in [1.54, 1.807) is 20.8 Å². The Kier molecular flexibility index (Phi) is 4.47. The lowest BCUT2D eigenvalue weighted by molar-refractivity contribution is -0.158. The summed E-state index contributed by atoms with van der Waals surface area (Å²) in [5.41, 5.74) is -0.642. The van der Waals surface area contributed by atoms with Gasteiger partial charge in [-0.05, 0) is 31.8 Å². The monoisotopic (exact) mass is 226 g/mol. The lowest BCUT2D eigenvalue weighted by atomic mass is 9.65. The second kappa shape index (κ2) is 4.81. The molecule has 0 rings (SSSR count). The van der Waals surface area contributed by atoms with Crippen LogP contribution in [0.2, 0.25) is 0 Å². The van der Waals surface area contributed by atoms with Crippen LogP contribution in [0.15, 0.2) is 12.2 Å². The van der Waals surface area contributed by atoms with E-state index < -0.39 is 10.8 Å². The van der Waals surface area contributed by atoms with Crippen LogP contribution in [0.5, 0.6) is 0 Å². The highest BCUT2D eigenvalue weighted by atomic mass is 16.5. The molecule has 0 amide bonds. The predicted octanol–water partition coefficient (Wildman–Crippen LogP) is 2.75. The average Bonchev–Trinajstić information content (AvgIpc) is 2.15. The number of Topliss-reactive ketones (excluding diaryl/α,β-unsaturated/α-hetero) is 1. The molecule has 0 aliphatic carbocycles. The minimum absolute atomic E-state index is 0.0121. The number of allylic oxidation sites excluding steroid dienone is 1. The van der Waals surface area contributed by atoms with Crippen LogP contribution in [0.1, 0.15) is 41.0 Å². The zero-order valence-corrected chi connectivity index (χ0v) is 11.1. The Hall–Kier alpha value is -1.12. The molecule has 0 saturated carbocycles. The Morgan fingerprint density at radius 1 is 1.19 bits per heavy atom. The maximum atomic E-state index is 11.7. The van der Waals surface area contributed by atoms with E-state index in [1.807, 2.05) is 13.8 Å². The van der Waals surface area contributed by atoms with Crippen molar-refractivity contribution in [2.45, 2.75) is 41.0 Å². The van der Waals surface area contributed by atoms with Crippen molar-refractivity contribution in [3.8, 4) is 0 Å². The number of carbonyl (C=O) groups is 2. The van der Waals surface area contributed by atoms with Crippen LogP contribution in [0, 0.1) is 10.8 Å². The van der Waals surface area contributed by atoms with Gasteiger partial charge in [0.05, 0.1) is 12.5 Å². The molecule has 0 aromatic heterocycles. The summed E-state index contributed by atoms with van der Waals surface area (Å²) in [6, 6.07) is 0. The van der Waals surface area contributed by atoms with Crippen molar-refractivity contribution in [1.29, 1.82) is 0 Å². The third-order valence-electron chi connectivity index (χ3n) is 3.47. The first-order chi connectivity index (χ1) is 7.06. The molecule has 0 aliphatic rings. The van der Waals surface area contributed by atoms with Crippen molar-refractivity contribution in [3.63, 3.8) is 0 Å². The zero-order chi connectivity index (χ0) is 13.1. The summed E-state index contributed by atoms with van der Waals surface area (Å²) < 4.78 is 4.77. The molecule has 0 aromatic carbocycles. The topological polar surface area (TPSA) is 43.4 Å². The van der Waals surface area contributed by atoms with Crippen LogP contribution in [0.3, 0.4) is 0 Å². The van der Waals surface area contributed by atoms with E-state index >= 15 is 0 Å². The van der Waals surface area contributed by atoms with Crippen LogP contribution in [0.25, 0.3) is 0 Å². The molecule has 92 valence electrons. The summed E-state index contributed by atoms with van der Waals surface area (Å²) in [4.78, 5) is 23.3. The van der Waals surface area contributed by atoms with Crippen molar-refractivity contribution >= 4 is 11.8 Å². The first-order valence-electron chi connectivity index (χ1n) is 5.33. The van der Waals surface area contributed by atoms with Crippen LogP contribution < -0.4 is 0 Å². The predicted molar refractivity (Wildman–Crippen MR) is 64.0 cm³/mol. The molecule has 0 aliphatic heterocycles. The molecule has 3 heteroatoms. The van der Waals surface area contributed by atoms with Gasteiger partial charge in [-0.15, -0.1) is 0 Å². The molecule has 0 unspecified atom stereocenters. The normalized spacial score (nSPS) is 12.1. The summed E-state index contributed by atoms with van der Waals surface area (Å²) in [5, 5.41) is 0. The quantitative estimate of drug-likeness (QED) is 0.535. The van der Waals surface area contributed by atoms with Crippen LogP contribution >= 0.6 is 0 Å². The van der Waals surface area contributed by atoms with Gasteiger partial charge in [-0.1, -0.05) is 20.4 Å². The fraction of sp³-hybridized carbons (Fsp3) is 0.692. The molecule has 0 heterocycles. The molecular weight excluding hydrogens is 204 g/mol. The minimum atomic E-state index is -0.702. The highest BCUT2D eigenvalue weighted by Crippen LogP contribution is 2.42. The molecule has 0 radical (unpaired) electrons. The molecule has 0 N–H and O–H groups in total. The second-order valence-electron chi connectivity index (χ2n) is 5.38. The first kappa shape index (κ1) is 14.9. The molecule has 0 aromatic rings. The van der Waals surface area contributed by atoms with Crippen molar-refractivity contribution < 1.29 is 14.3 Å². The van der Waals surface area contributed by atoms with E-state index in [1.165, 1.54) is 7.11 Å². The highest BCUT2D eigenvalue weighted by Gasteiger charge is 2.45. The molecule has 16 heavy (non-hydrogen) atoms. The molecule has 0 spiro atoms. The van der Waals surface area contributed by atoms with E-state index in [0.717, 1.165) is 0 Å². The number of hydrogen-bond donors (Lipinski definition) is 0. The van der Waals surface area contributed by atoms with Crippen LogP contribution in [-0.2, 0) is 14.3 Å². The van der Waals surface area contributed by atoms with Gasteiger partial charge in [-0.25, -0.2) is 0 Å². The molecule has 0 fully saturated rings. The maximum absolute atomic E-state index is 11.7.